The van der Waals surface area contributed by atoms with Gasteiger partial charge in [0.1, 0.15) is 5.78 Å². The number of aliphatic hydroxyl groups excluding tert-OH is 3. The molecule has 0 unspecified atom stereocenters. The van der Waals surface area contributed by atoms with E-state index >= 15 is 0 Å². The topological polar surface area (TPSA) is 77.8 Å². The highest BCUT2D eigenvalue weighted by molar-refractivity contribution is 5.93. The van der Waals surface area contributed by atoms with Gasteiger partial charge >= 0.3 is 0 Å². The first kappa shape index (κ1) is 22.9. The molecular formula is C27H40O4. The smallest absolute Gasteiger partial charge is 0.147 e. The van der Waals surface area contributed by atoms with E-state index in [1.165, 1.54) is 11.1 Å². The van der Waals surface area contributed by atoms with Gasteiger partial charge in [-0.3, -0.25) is 4.79 Å². The highest BCUT2D eigenvalue weighted by atomic mass is 16.3. The van der Waals surface area contributed by atoms with E-state index in [1.807, 2.05) is 19.1 Å². The van der Waals surface area contributed by atoms with Crippen LogP contribution in [-0.4, -0.2) is 39.4 Å². The number of Topliss-reactive ketones (excluding diaryl/α,β-unsaturated/α-hetero) is 1. The number of carbonyl (C=O) groups is 1. The Morgan fingerprint density at radius 2 is 1.74 bits per heavy atom. The van der Waals surface area contributed by atoms with Gasteiger partial charge in [0, 0.05) is 5.92 Å². The minimum absolute atomic E-state index is 0.0934. The second-order valence-electron chi connectivity index (χ2n) is 11.4. The van der Waals surface area contributed by atoms with Crippen LogP contribution in [0, 0.1) is 34.0 Å². The normalized spacial score (nSPS) is 44.8. The fourth-order valence-electron chi connectivity index (χ4n) is 8.41. The Labute approximate surface area is 187 Å². The van der Waals surface area contributed by atoms with Crippen LogP contribution in [0.15, 0.2) is 36.5 Å². The second kappa shape index (κ2) is 7.67. The Balaban J connectivity index is 1.97. The van der Waals surface area contributed by atoms with Crippen LogP contribution in [-0.2, 0) is 4.79 Å². The third kappa shape index (κ3) is 3.01. The third-order valence-electron chi connectivity index (χ3n) is 9.87. The predicted octanol–water partition coefficient (Wildman–Crippen LogP) is 4.35. The largest absolute Gasteiger partial charge is 0.393 e. The number of ketones is 1. The molecule has 31 heavy (non-hydrogen) atoms. The summed E-state index contributed by atoms with van der Waals surface area (Å²) in [6.07, 6.45) is 7.52. The maximum absolute atomic E-state index is 14.3. The zero-order valence-corrected chi connectivity index (χ0v) is 19.4. The summed E-state index contributed by atoms with van der Waals surface area (Å²) in [4.78, 5) is 14.3. The zero-order valence-electron chi connectivity index (χ0n) is 19.4. The van der Waals surface area contributed by atoms with E-state index in [0.717, 1.165) is 25.7 Å². The van der Waals surface area contributed by atoms with Crippen molar-refractivity contribution in [2.24, 2.45) is 34.0 Å². The Morgan fingerprint density at radius 1 is 1.10 bits per heavy atom. The van der Waals surface area contributed by atoms with Gasteiger partial charge in [0.15, 0.2) is 0 Å². The van der Waals surface area contributed by atoms with E-state index in [2.05, 4.69) is 27.0 Å². The highest BCUT2D eigenvalue weighted by Gasteiger charge is 2.65. The van der Waals surface area contributed by atoms with Crippen LogP contribution in [0.5, 0.6) is 0 Å². The number of fused-ring (bicyclic) bond motifs is 4. The van der Waals surface area contributed by atoms with Gasteiger partial charge in [-0.2, -0.15) is 0 Å². The summed E-state index contributed by atoms with van der Waals surface area (Å²) >= 11 is 0. The lowest BCUT2D eigenvalue weighted by Crippen LogP contribution is -2.61. The van der Waals surface area contributed by atoms with Gasteiger partial charge in [-0.05, 0) is 81.0 Å². The minimum Gasteiger partial charge on any atom is -0.393 e. The zero-order chi connectivity index (χ0) is 22.8. The molecule has 4 aliphatic rings. The molecule has 4 rings (SSSR count). The van der Waals surface area contributed by atoms with E-state index in [1.54, 1.807) is 0 Å². The van der Waals surface area contributed by atoms with Crippen molar-refractivity contribution in [3.8, 4) is 0 Å². The van der Waals surface area contributed by atoms with Gasteiger partial charge in [0.2, 0.25) is 0 Å². The molecule has 3 saturated carbocycles. The minimum atomic E-state index is -0.846. The average molecular weight is 429 g/mol. The molecule has 0 aromatic rings. The molecule has 0 aromatic heterocycles. The maximum Gasteiger partial charge on any atom is 0.147 e. The molecular weight excluding hydrogens is 388 g/mol. The van der Waals surface area contributed by atoms with Gasteiger partial charge in [-0.15, -0.1) is 13.2 Å². The second-order valence-corrected chi connectivity index (χ2v) is 11.4. The molecule has 3 fully saturated rings. The fraction of sp³-hybridized carbons (Fsp3) is 0.741. The van der Waals surface area contributed by atoms with Crippen molar-refractivity contribution >= 4 is 5.78 Å². The van der Waals surface area contributed by atoms with Crippen LogP contribution in [0.2, 0.25) is 0 Å². The summed E-state index contributed by atoms with van der Waals surface area (Å²) in [5.41, 5.74) is 1.55. The molecule has 0 saturated heterocycles. The quantitative estimate of drug-likeness (QED) is 0.569. The van der Waals surface area contributed by atoms with Crippen LogP contribution in [0.4, 0.5) is 0 Å². The lowest BCUT2D eigenvalue weighted by Gasteiger charge is -2.61. The number of hydrogen-bond acceptors (Lipinski definition) is 4. The van der Waals surface area contributed by atoms with Crippen LogP contribution in [0.1, 0.15) is 72.1 Å². The first-order valence-electron chi connectivity index (χ1n) is 12.1. The molecule has 0 aromatic carbocycles. The molecule has 0 radical (unpaired) electrons. The SMILES string of the molecule is C=CCC1(CC=C)C(=O)[C@@H]2C[C@@H](O)[C@@H](O)C[C@]2(C)[C@H]2CC[C@@]3(C)C(=C21)CC[C@@H]3[C@H](C)O. The predicted molar refractivity (Wildman–Crippen MR) is 122 cm³/mol. The highest BCUT2D eigenvalue weighted by Crippen LogP contribution is 2.69. The summed E-state index contributed by atoms with van der Waals surface area (Å²) in [6.45, 7) is 14.4. The molecule has 0 bridgehead atoms. The fourth-order valence-corrected chi connectivity index (χ4v) is 8.41. The van der Waals surface area contributed by atoms with E-state index in [4.69, 9.17) is 0 Å². The van der Waals surface area contributed by atoms with Gasteiger partial charge < -0.3 is 15.3 Å². The van der Waals surface area contributed by atoms with Gasteiger partial charge in [0.05, 0.1) is 23.7 Å². The van der Waals surface area contributed by atoms with Gasteiger partial charge in [-0.1, -0.05) is 37.1 Å². The average Bonchev–Trinajstić information content (AvgIpc) is 3.05. The van der Waals surface area contributed by atoms with E-state index in [0.29, 0.717) is 25.7 Å². The molecule has 3 N–H and O–H groups in total. The summed E-state index contributed by atoms with van der Waals surface area (Å²) < 4.78 is 0. The lowest BCUT2D eigenvalue weighted by molar-refractivity contribution is -0.160. The molecule has 0 amide bonds. The first-order valence-corrected chi connectivity index (χ1v) is 12.1. The Kier molecular flexibility index (Phi) is 5.68. The van der Waals surface area contributed by atoms with Crippen molar-refractivity contribution in [1.82, 2.24) is 0 Å². The molecule has 4 nitrogen and oxygen atoms in total. The number of carbonyl (C=O) groups excluding carboxylic acids is 1. The monoisotopic (exact) mass is 428 g/mol. The maximum atomic E-state index is 14.3. The van der Waals surface area contributed by atoms with E-state index in [-0.39, 0.29) is 40.5 Å². The number of rotatable bonds is 5. The number of hydrogen-bond donors (Lipinski definition) is 3. The number of aliphatic hydroxyl groups is 3. The first-order chi connectivity index (χ1) is 14.6. The molecule has 0 heterocycles. The summed E-state index contributed by atoms with van der Waals surface area (Å²) in [5, 5.41) is 31.6. The third-order valence-corrected chi connectivity index (χ3v) is 9.87. The molecule has 4 aliphatic carbocycles. The van der Waals surface area contributed by atoms with Crippen molar-refractivity contribution in [1.29, 1.82) is 0 Å². The van der Waals surface area contributed by atoms with Crippen molar-refractivity contribution in [2.45, 2.75) is 90.4 Å². The van der Waals surface area contributed by atoms with Crippen LogP contribution in [0.25, 0.3) is 0 Å². The molecule has 8 atom stereocenters. The summed E-state index contributed by atoms with van der Waals surface area (Å²) in [7, 11) is 0. The van der Waals surface area contributed by atoms with Crippen molar-refractivity contribution in [2.75, 3.05) is 0 Å². The van der Waals surface area contributed by atoms with Gasteiger partial charge in [0.25, 0.3) is 0 Å². The lowest BCUT2D eigenvalue weighted by atomic mass is 9.42. The Bertz CT molecular complexity index is 800. The van der Waals surface area contributed by atoms with Crippen LogP contribution in [0.3, 0.4) is 0 Å². The standard InChI is InChI=1S/C27H40O4/c1-6-11-27(12-7-2)23-18-9-8-17(16(3)28)25(18,4)13-10-19(23)26(5)15-22(30)21(29)14-20(26)24(27)31/h6-7,16-17,19-22,28-30H,1-2,8-15H2,3-5H3/t16-,17+,19-,20-,21+,22-,25+,26+/m0/s1. The summed E-state index contributed by atoms with van der Waals surface area (Å²) in [6, 6.07) is 0. The summed E-state index contributed by atoms with van der Waals surface area (Å²) in [5.74, 6) is 0.344. The Morgan fingerprint density at radius 3 is 2.32 bits per heavy atom. The molecule has 0 aliphatic heterocycles. The van der Waals surface area contributed by atoms with Crippen LogP contribution >= 0.6 is 0 Å². The Hall–Kier alpha value is -1.23. The molecule has 172 valence electrons. The number of allylic oxidation sites excluding steroid dienone is 4. The van der Waals surface area contributed by atoms with Crippen molar-refractivity contribution in [3.05, 3.63) is 36.5 Å². The van der Waals surface area contributed by atoms with Gasteiger partial charge in [-0.25, -0.2) is 0 Å². The van der Waals surface area contributed by atoms with E-state index in [9.17, 15) is 20.1 Å². The van der Waals surface area contributed by atoms with Crippen molar-refractivity contribution < 1.29 is 20.1 Å². The molecule has 4 heteroatoms. The van der Waals surface area contributed by atoms with E-state index < -0.39 is 17.6 Å². The van der Waals surface area contributed by atoms with Crippen molar-refractivity contribution in [3.63, 3.8) is 0 Å². The van der Waals surface area contributed by atoms with Crippen LogP contribution < -0.4 is 0 Å². The molecule has 0 spiro atoms.